The van der Waals surface area contributed by atoms with E-state index < -0.39 is 0 Å². The lowest BCUT2D eigenvalue weighted by atomic mass is 10.2. The predicted octanol–water partition coefficient (Wildman–Crippen LogP) is 1.47. The van der Waals surface area contributed by atoms with Gasteiger partial charge < -0.3 is 14.7 Å². The van der Waals surface area contributed by atoms with E-state index in [-0.39, 0.29) is 5.75 Å². The van der Waals surface area contributed by atoms with Gasteiger partial charge in [0.2, 0.25) is 0 Å². The van der Waals surface area contributed by atoms with Crippen LogP contribution in [0.2, 0.25) is 0 Å². The lowest BCUT2D eigenvalue weighted by Crippen LogP contribution is -2.08. The number of ether oxygens (including phenoxy) is 1. The smallest absolute Gasteiger partial charge is 0.142 e. The van der Waals surface area contributed by atoms with Crippen LogP contribution in [-0.2, 0) is 0 Å². The van der Waals surface area contributed by atoms with Crippen molar-refractivity contribution in [3.8, 4) is 11.5 Å². The highest BCUT2D eigenvalue weighted by Gasteiger charge is 2.03. The van der Waals surface area contributed by atoms with E-state index in [1.807, 2.05) is 31.1 Å². The largest absolute Gasteiger partial charge is 0.506 e. The first-order chi connectivity index (χ1) is 5.65. The Kier molecular flexibility index (Phi) is 2.43. The van der Waals surface area contributed by atoms with Crippen LogP contribution < -0.4 is 9.64 Å². The Balaban J connectivity index is 3.03. The molecule has 0 fully saturated rings. The van der Waals surface area contributed by atoms with Crippen LogP contribution in [0.5, 0.6) is 11.5 Å². The van der Waals surface area contributed by atoms with Crippen LogP contribution in [0, 0.1) is 0 Å². The fraction of sp³-hybridized carbons (Fsp3) is 0.333. The molecule has 0 unspecified atom stereocenters. The third kappa shape index (κ3) is 1.61. The molecule has 0 saturated carbocycles. The molecule has 0 aliphatic rings. The van der Waals surface area contributed by atoms with E-state index in [1.54, 1.807) is 13.2 Å². The van der Waals surface area contributed by atoms with Gasteiger partial charge in [-0.25, -0.2) is 0 Å². The Hall–Kier alpha value is -1.38. The van der Waals surface area contributed by atoms with Crippen molar-refractivity contribution in [1.82, 2.24) is 0 Å². The minimum Gasteiger partial charge on any atom is -0.506 e. The highest BCUT2D eigenvalue weighted by Crippen LogP contribution is 2.29. The summed E-state index contributed by atoms with van der Waals surface area (Å²) in [6.07, 6.45) is 0. The fourth-order valence-corrected chi connectivity index (χ4v) is 1.01. The molecule has 0 bridgehead atoms. The monoisotopic (exact) mass is 167 g/mol. The first-order valence-corrected chi connectivity index (χ1v) is 3.69. The van der Waals surface area contributed by atoms with Crippen molar-refractivity contribution in [2.24, 2.45) is 0 Å². The third-order valence-electron chi connectivity index (χ3n) is 1.66. The van der Waals surface area contributed by atoms with Gasteiger partial charge in [0.15, 0.2) is 0 Å². The lowest BCUT2D eigenvalue weighted by molar-refractivity contribution is 0.408. The molecule has 0 heterocycles. The van der Waals surface area contributed by atoms with Gasteiger partial charge in [-0.15, -0.1) is 0 Å². The molecule has 0 spiro atoms. The first kappa shape index (κ1) is 8.71. The number of benzene rings is 1. The van der Waals surface area contributed by atoms with Crippen LogP contribution >= 0.6 is 0 Å². The van der Waals surface area contributed by atoms with Crippen LogP contribution in [0.25, 0.3) is 0 Å². The maximum Gasteiger partial charge on any atom is 0.142 e. The highest BCUT2D eigenvalue weighted by atomic mass is 16.5. The summed E-state index contributed by atoms with van der Waals surface area (Å²) in [7, 11) is 5.33. The first-order valence-electron chi connectivity index (χ1n) is 3.69. The van der Waals surface area contributed by atoms with Crippen LogP contribution in [-0.4, -0.2) is 26.3 Å². The second kappa shape index (κ2) is 3.34. The number of hydrogen-bond acceptors (Lipinski definition) is 3. The zero-order valence-electron chi connectivity index (χ0n) is 7.53. The summed E-state index contributed by atoms with van der Waals surface area (Å²) in [6, 6.07) is 5.22. The minimum absolute atomic E-state index is 0.236. The molecule has 1 rings (SSSR count). The number of phenols is 1. The van der Waals surface area contributed by atoms with Crippen molar-refractivity contribution < 1.29 is 9.84 Å². The van der Waals surface area contributed by atoms with E-state index in [9.17, 15) is 5.11 Å². The van der Waals surface area contributed by atoms with Crippen LogP contribution in [0.3, 0.4) is 0 Å². The van der Waals surface area contributed by atoms with Gasteiger partial charge in [0, 0.05) is 20.2 Å². The predicted molar refractivity (Wildman–Crippen MR) is 49.0 cm³/mol. The summed E-state index contributed by atoms with van der Waals surface area (Å²) < 4.78 is 4.95. The zero-order valence-corrected chi connectivity index (χ0v) is 7.53. The normalized spacial score (nSPS) is 9.58. The number of nitrogens with zero attached hydrogens (tertiary/aromatic N) is 1. The molecule has 0 aliphatic heterocycles. The van der Waals surface area contributed by atoms with Crippen molar-refractivity contribution in [2.45, 2.75) is 0 Å². The van der Waals surface area contributed by atoms with Crippen LogP contribution in [0.15, 0.2) is 18.2 Å². The number of anilines is 1. The molecule has 0 aliphatic carbocycles. The summed E-state index contributed by atoms with van der Waals surface area (Å²) in [5.74, 6) is 0.900. The van der Waals surface area contributed by atoms with Gasteiger partial charge >= 0.3 is 0 Å². The minimum atomic E-state index is 0.236. The third-order valence-corrected chi connectivity index (χ3v) is 1.66. The number of aromatic hydroxyl groups is 1. The molecular weight excluding hydrogens is 154 g/mol. The van der Waals surface area contributed by atoms with E-state index in [2.05, 4.69) is 0 Å². The number of phenolic OH excluding ortho intramolecular Hbond substituents is 1. The molecule has 12 heavy (non-hydrogen) atoms. The quantitative estimate of drug-likeness (QED) is 0.724. The van der Waals surface area contributed by atoms with E-state index in [4.69, 9.17) is 4.74 Å². The lowest BCUT2D eigenvalue weighted by Gasteiger charge is -2.14. The molecule has 3 nitrogen and oxygen atoms in total. The Morgan fingerprint density at radius 2 is 2.00 bits per heavy atom. The maximum atomic E-state index is 9.47. The molecule has 66 valence electrons. The summed E-state index contributed by atoms with van der Waals surface area (Å²) in [4.78, 5) is 1.84. The fourth-order valence-electron chi connectivity index (χ4n) is 1.01. The van der Waals surface area contributed by atoms with Gasteiger partial charge in [0.05, 0.1) is 12.8 Å². The van der Waals surface area contributed by atoms with Gasteiger partial charge in [-0.05, 0) is 12.1 Å². The second-order valence-corrected chi connectivity index (χ2v) is 2.75. The molecule has 0 radical (unpaired) electrons. The summed E-state index contributed by atoms with van der Waals surface area (Å²) in [6.45, 7) is 0. The molecule has 0 aromatic heterocycles. The van der Waals surface area contributed by atoms with Crippen molar-refractivity contribution >= 4 is 5.69 Å². The van der Waals surface area contributed by atoms with Crippen LogP contribution in [0.1, 0.15) is 0 Å². The Morgan fingerprint density at radius 3 is 2.42 bits per heavy atom. The van der Waals surface area contributed by atoms with Crippen molar-refractivity contribution in [3.63, 3.8) is 0 Å². The van der Waals surface area contributed by atoms with Gasteiger partial charge in [0.1, 0.15) is 11.5 Å². The Morgan fingerprint density at radius 1 is 1.33 bits per heavy atom. The zero-order chi connectivity index (χ0) is 9.14. The van der Waals surface area contributed by atoms with Gasteiger partial charge in [-0.2, -0.15) is 0 Å². The second-order valence-electron chi connectivity index (χ2n) is 2.75. The molecule has 1 aromatic rings. The summed E-state index contributed by atoms with van der Waals surface area (Å²) >= 11 is 0. The number of methoxy groups -OCH3 is 1. The molecule has 0 amide bonds. The number of hydrogen-bond donors (Lipinski definition) is 1. The average molecular weight is 167 g/mol. The van der Waals surface area contributed by atoms with Gasteiger partial charge in [0.25, 0.3) is 0 Å². The standard InChI is InChI=1S/C9H13NO2/c1-10(2)8-5-4-7(12-3)6-9(8)11/h4-6,11H,1-3H3. The molecule has 1 N–H and O–H groups in total. The maximum absolute atomic E-state index is 9.47. The van der Waals surface area contributed by atoms with Crippen molar-refractivity contribution in [1.29, 1.82) is 0 Å². The molecule has 0 atom stereocenters. The molecule has 3 heteroatoms. The summed E-state index contributed by atoms with van der Waals surface area (Å²) in [5.41, 5.74) is 0.788. The average Bonchev–Trinajstić information content (AvgIpc) is 2.03. The van der Waals surface area contributed by atoms with Gasteiger partial charge in [-0.3, -0.25) is 0 Å². The molecular formula is C9H13NO2. The SMILES string of the molecule is COc1ccc(N(C)C)c(O)c1. The van der Waals surface area contributed by atoms with Crippen molar-refractivity contribution in [2.75, 3.05) is 26.1 Å². The van der Waals surface area contributed by atoms with E-state index in [1.165, 1.54) is 0 Å². The Bertz CT molecular complexity index is 271. The van der Waals surface area contributed by atoms with Crippen molar-refractivity contribution in [3.05, 3.63) is 18.2 Å². The molecule has 0 saturated heterocycles. The number of rotatable bonds is 2. The Labute approximate surface area is 72.2 Å². The highest BCUT2D eigenvalue weighted by molar-refractivity contribution is 5.59. The van der Waals surface area contributed by atoms with E-state index >= 15 is 0 Å². The molecule has 1 aromatic carbocycles. The topological polar surface area (TPSA) is 32.7 Å². The van der Waals surface area contributed by atoms with E-state index in [0.29, 0.717) is 5.75 Å². The van der Waals surface area contributed by atoms with Crippen LogP contribution in [0.4, 0.5) is 5.69 Å². The van der Waals surface area contributed by atoms with Gasteiger partial charge in [-0.1, -0.05) is 0 Å². The summed E-state index contributed by atoms with van der Waals surface area (Å²) in [5, 5.41) is 9.47. The van der Waals surface area contributed by atoms with E-state index in [0.717, 1.165) is 5.69 Å².